The summed E-state index contributed by atoms with van der Waals surface area (Å²) in [5, 5.41) is 9.77. The maximum absolute atomic E-state index is 12.3. The van der Waals surface area contributed by atoms with Gasteiger partial charge in [0.15, 0.2) is 5.11 Å². The highest BCUT2D eigenvalue weighted by atomic mass is 32.1. The van der Waals surface area contributed by atoms with E-state index in [2.05, 4.69) is 20.9 Å². The maximum atomic E-state index is 12.3. The van der Waals surface area contributed by atoms with Gasteiger partial charge in [-0.2, -0.15) is 0 Å². The third-order valence-electron chi connectivity index (χ3n) is 5.17. The molecule has 0 aliphatic carbocycles. The van der Waals surface area contributed by atoms with E-state index in [9.17, 15) is 9.59 Å². The van der Waals surface area contributed by atoms with Crippen molar-refractivity contribution in [1.82, 2.24) is 15.5 Å². The molecule has 8 heteroatoms. The van der Waals surface area contributed by atoms with Crippen molar-refractivity contribution >= 4 is 35.0 Å². The van der Waals surface area contributed by atoms with Crippen molar-refractivity contribution in [2.45, 2.75) is 50.7 Å². The topological polar surface area (TPSA) is 82.7 Å². The largest absolute Gasteiger partial charge is 0.462 e. The number of hydrogen-bond acceptors (Lipinski definition) is 4. The molecular formula is C19H26N4O3S. The predicted octanol–water partition coefficient (Wildman–Crippen LogP) is 2.48. The highest BCUT2D eigenvalue weighted by molar-refractivity contribution is 7.80. The lowest BCUT2D eigenvalue weighted by atomic mass is 9.98. The van der Waals surface area contributed by atoms with E-state index in [4.69, 9.17) is 17.0 Å². The highest BCUT2D eigenvalue weighted by Gasteiger charge is 2.42. The van der Waals surface area contributed by atoms with Gasteiger partial charge in [0, 0.05) is 30.9 Å². The lowest BCUT2D eigenvalue weighted by Gasteiger charge is -2.40. The Morgan fingerprint density at radius 1 is 1.19 bits per heavy atom. The van der Waals surface area contributed by atoms with Gasteiger partial charge in [-0.1, -0.05) is 0 Å². The number of fused-ring (bicyclic) bond motifs is 2. The molecule has 2 fully saturated rings. The molecule has 0 spiro atoms. The monoisotopic (exact) mass is 390 g/mol. The maximum Gasteiger partial charge on any atom is 0.338 e. The first-order valence-electron chi connectivity index (χ1n) is 9.36. The zero-order valence-electron chi connectivity index (χ0n) is 15.7. The molecule has 3 rings (SSSR count). The summed E-state index contributed by atoms with van der Waals surface area (Å²) < 4.78 is 4.95. The number of carbonyl (C=O) groups excluding carboxylic acids is 2. The van der Waals surface area contributed by atoms with Gasteiger partial charge in [0.1, 0.15) is 0 Å². The third-order valence-corrected chi connectivity index (χ3v) is 5.59. The molecule has 27 heavy (non-hydrogen) atoms. The minimum Gasteiger partial charge on any atom is -0.462 e. The lowest BCUT2D eigenvalue weighted by molar-refractivity contribution is 0.0526. The fourth-order valence-electron chi connectivity index (χ4n) is 4.01. The molecule has 2 bridgehead atoms. The number of hydrogen-bond donors (Lipinski definition) is 3. The van der Waals surface area contributed by atoms with Crippen molar-refractivity contribution in [1.29, 1.82) is 0 Å². The molecule has 0 saturated carbocycles. The van der Waals surface area contributed by atoms with Gasteiger partial charge >= 0.3 is 12.0 Å². The lowest BCUT2D eigenvalue weighted by Crippen LogP contribution is -2.54. The molecule has 3 N–H and O–H groups in total. The quantitative estimate of drug-likeness (QED) is 0.541. The number of nitrogens with one attached hydrogen (secondary N) is 3. The number of piperidine rings is 1. The number of rotatable bonds is 4. The molecule has 146 valence electrons. The Morgan fingerprint density at radius 2 is 1.81 bits per heavy atom. The fraction of sp³-hybridized carbons (Fsp3) is 0.526. The van der Waals surface area contributed by atoms with Crippen molar-refractivity contribution < 1.29 is 14.3 Å². The van der Waals surface area contributed by atoms with Gasteiger partial charge in [0.2, 0.25) is 0 Å². The van der Waals surface area contributed by atoms with E-state index in [1.54, 1.807) is 31.2 Å². The van der Waals surface area contributed by atoms with Crippen molar-refractivity contribution in [3.63, 3.8) is 0 Å². The summed E-state index contributed by atoms with van der Waals surface area (Å²) in [6, 6.07) is 7.36. The number of anilines is 1. The molecule has 0 radical (unpaired) electrons. The molecule has 1 unspecified atom stereocenters. The number of carbonyl (C=O) groups is 2. The summed E-state index contributed by atoms with van der Waals surface area (Å²) in [5.41, 5.74) is 1.10. The van der Waals surface area contributed by atoms with Crippen LogP contribution in [0.5, 0.6) is 0 Å². The van der Waals surface area contributed by atoms with Crippen molar-refractivity contribution in [2.24, 2.45) is 0 Å². The molecule has 3 atom stereocenters. The Labute approximate surface area is 164 Å². The van der Waals surface area contributed by atoms with Crippen LogP contribution < -0.4 is 16.0 Å². The van der Waals surface area contributed by atoms with Crippen LogP contribution in [0.1, 0.15) is 43.0 Å². The summed E-state index contributed by atoms with van der Waals surface area (Å²) >= 11 is 5.41. The standard InChI is InChI=1S/C19H26N4O3S/c1-3-26-17(24)12-4-6-13(7-5-12)21-18(25)22-14-10-15-8-9-16(11-14)23(15)19(27)20-2/h4-7,14-16H,3,8-11H2,1-2H3,(H,20,27)(H2,21,22,25)/t14?,15-,16+. The van der Waals surface area contributed by atoms with Crippen LogP contribution in [0.3, 0.4) is 0 Å². The first kappa shape index (κ1) is 19.4. The number of benzene rings is 1. The second-order valence-corrected chi connectivity index (χ2v) is 7.30. The van der Waals surface area contributed by atoms with E-state index in [-0.39, 0.29) is 18.0 Å². The summed E-state index contributed by atoms with van der Waals surface area (Å²) in [6.07, 6.45) is 4.02. The van der Waals surface area contributed by atoms with E-state index < -0.39 is 0 Å². The molecule has 1 aromatic rings. The van der Waals surface area contributed by atoms with Crippen LogP contribution in [0, 0.1) is 0 Å². The molecule has 2 aliphatic heterocycles. The number of esters is 1. The van der Waals surface area contributed by atoms with Crippen molar-refractivity contribution in [2.75, 3.05) is 19.0 Å². The van der Waals surface area contributed by atoms with E-state index in [0.717, 1.165) is 30.8 Å². The second kappa shape index (κ2) is 8.56. The van der Waals surface area contributed by atoms with Gasteiger partial charge in [0.05, 0.1) is 12.2 Å². The average molecular weight is 391 g/mol. The van der Waals surface area contributed by atoms with E-state index in [1.165, 1.54) is 0 Å². The van der Waals surface area contributed by atoms with Gasteiger partial charge in [-0.05, 0) is 69.1 Å². The van der Waals surface area contributed by atoms with Gasteiger partial charge < -0.3 is 25.6 Å². The normalized spacial score (nSPS) is 23.5. The van der Waals surface area contributed by atoms with Gasteiger partial charge in [-0.25, -0.2) is 9.59 Å². The molecule has 2 heterocycles. The van der Waals surface area contributed by atoms with E-state index in [0.29, 0.717) is 29.9 Å². The summed E-state index contributed by atoms with van der Waals surface area (Å²) in [7, 11) is 1.85. The Balaban J connectivity index is 1.52. The Morgan fingerprint density at radius 3 is 2.37 bits per heavy atom. The summed E-state index contributed by atoms with van der Waals surface area (Å²) in [5.74, 6) is -0.366. The average Bonchev–Trinajstić information content (AvgIpc) is 2.92. The predicted molar refractivity (Wildman–Crippen MR) is 108 cm³/mol. The highest BCUT2D eigenvalue weighted by Crippen LogP contribution is 2.35. The molecule has 2 amide bonds. The zero-order valence-corrected chi connectivity index (χ0v) is 16.5. The van der Waals surface area contributed by atoms with Crippen LogP contribution in [-0.2, 0) is 4.74 Å². The number of ether oxygens (including phenoxy) is 1. The van der Waals surface area contributed by atoms with Crippen LogP contribution in [0.15, 0.2) is 24.3 Å². The Kier molecular flexibility index (Phi) is 6.15. The smallest absolute Gasteiger partial charge is 0.338 e. The van der Waals surface area contributed by atoms with Gasteiger partial charge in [-0.3, -0.25) is 0 Å². The molecule has 2 aliphatic rings. The van der Waals surface area contributed by atoms with Crippen LogP contribution in [0.25, 0.3) is 0 Å². The third kappa shape index (κ3) is 4.50. The van der Waals surface area contributed by atoms with Crippen LogP contribution in [0.4, 0.5) is 10.5 Å². The van der Waals surface area contributed by atoms with Crippen molar-refractivity contribution in [3.8, 4) is 0 Å². The molecule has 7 nitrogen and oxygen atoms in total. The zero-order chi connectivity index (χ0) is 19.4. The summed E-state index contributed by atoms with van der Waals surface area (Å²) in [4.78, 5) is 26.3. The number of urea groups is 1. The first-order valence-corrected chi connectivity index (χ1v) is 9.77. The van der Waals surface area contributed by atoms with Gasteiger partial charge in [0.25, 0.3) is 0 Å². The van der Waals surface area contributed by atoms with E-state index in [1.807, 2.05) is 7.05 Å². The Bertz CT molecular complexity index is 695. The van der Waals surface area contributed by atoms with E-state index >= 15 is 0 Å². The second-order valence-electron chi connectivity index (χ2n) is 6.91. The first-order chi connectivity index (χ1) is 13.0. The molecular weight excluding hydrogens is 364 g/mol. The Hall–Kier alpha value is -2.35. The van der Waals surface area contributed by atoms with Crippen LogP contribution in [-0.4, -0.2) is 53.8 Å². The van der Waals surface area contributed by atoms with Gasteiger partial charge in [-0.15, -0.1) is 0 Å². The fourth-order valence-corrected chi connectivity index (χ4v) is 4.31. The number of nitrogens with zero attached hydrogens (tertiary/aromatic N) is 1. The molecule has 1 aromatic carbocycles. The number of thiocarbonyl (C=S) groups is 1. The minimum atomic E-state index is -0.366. The molecule has 2 saturated heterocycles. The molecule has 0 aromatic heterocycles. The summed E-state index contributed by atoms with van der Waals surface area (Å²) in [6.45, 7) is 2.10. The van der Waals surface area contributed by atoms with Crippen LogP contribution >= 0.6 is 12.2 Å². The van der Waals surface area contributed by atoms with Crippen molar-refractivity contribution in [3.05, 3.63) is 29.8 Å². The van der Waals surface area contributed by atoms with Crippen LogP contribution in [0.2, 0.25) is 0 Å². The number of amides is 2. The SMILES string of the molecule is CCOC(=O)c1ccc(NC(=O)NC2C[C@H]3CC[C@@H](C2)N3C(=S)NC)cc1. The minimum absolute atomic E-state index is 0.136.